The van der Waals surface area contributed by atoms with Crippen LogP contribution in [-0.2, 0) is 26.4 Å². The Bertz CT molecular complexity index is 420. The molecule has 1 aromatic rings. The molecule has 1 rings (SSSR count). The second-order valence-electron chi connectivity index (χ2n) is 4.56. The second-order valence-corrected chi connectivity index (χ2v) is 4.56. The molecule has 5 heteroatoms. The molecule has 0 spiro atoms. The van der Waals surface area contributed by atoms with E-state index in [0.717, 1.165) is 38.3 Å². The molecular formula is C14H27N5. The summed E-state index contributed by atoms with van der Waals surface area (Å²) in [5.41, 5.74) is 3.79. The van der Waals surface area contributed by atoms with Crippen molar-refractivity contribution in [1.29, 1.82) is 0 Å². The van der Waals surface area contributed by atoms with Gasteiger partial charge in [-0.3, -0.25) is 9.67 Å². The molecule has 0 fully saturated rings. The van der Waals surface area contributed by atoms with Crippen LogP contribution in [0.25, 0.3) is 0 Å². The molecule has 0 unspecified atom stereocenters. The monoisotopic (exact) mass is 265 g/mol. The fourth-order valence-electron chi connectivity index (χ4n) is 2.23. The van der Waals surface area contributed by atoms with E-state index in [4.69, 9.17) is 0 Å². The minimum Gasteiger partial charge on any atom is -0.356 e. The number of aliphatic imine (C=N–C) groups is 1. The molecule has 19 heavy (non-hydrogen) atoms. The van der Waals surface area contributed by atoms with E-state index in [-0.39, 0.29) is 0 Å². The van der Waals surface area contributed by atoms with Crippen LogP contribution in [0.4, 0.5) is 0 Å². The van der Waals surface area contributed by atoms with Crippen molar-refractivity contribution < 1.29 is 0 Å². The summed E-state index contributed by atoms with van der Waals surface area (Å²) in [6, 6.07) is 0. The van der Waals surface area contributed by atoms with Gasteiger partial charge in [0.15, 0.2) is 5.96 Å². The molecule has 1 aromatic heterocycles. The van der Waals surface area contributed by atoms with Crippen LogP contribution >= 0.6 is 0 Å². The average Bonchev–Trinajstić information content (AvgIpc) is 2.74. The highest BCUT2D eigenvalue weighted by Crippen LogP contribution is 2.14. The van der Waals surface area contributed by atoms with Crippen molar-refractivity contribution in [3.63, 3.8) is 0 Å². The molecule has 0 aliphatic heterocycles. The van der Waals surface area contributed by atoms with Crippen LogP contribution < -0.4 is 10.6 Å². The van der Waals surface area contributed by atoms with E-state index in [1.54, 1.807) is 7.05 Å². The van der Waals surface area contributed by atoms with Crippen molar-refractivity contribution in [2.45, 2.75) is 46.6 Å². The Morgan fingerprint density at radius 1 is 1.21 bits per heavy atom. The Balaban J connectivity index is 2.75. The largest absolute Gasteiger partial charge is 0.356 e. The predicted molar refractivity (Wildman–Crippen MR) is 80.5 cm³/mol. The number of guanidine groups is 1. The van der Waals surface area contributed by atoms with Gasteiger partial charge in [-0.1, -0.05) is 20.8 Å². The summed E-state index contributed by atoms with van der Waals surface area (Å²) in [6.45, 7) is 8.18. The summed E-state index contributed by atoms with van der Waals surface area (Å²) in [6.07, 6.45) is 3.06. The predicted octanol–water partition coefficient (Wildman–Crippen LogP) is 1.62. The Morgan fingerprint density at radius 2 is 1.95 bits per heavy atom. The number of nitrogens with zero attached hydrogens (tertiary/aromatic N) is 3. The van der Waals surface area contributed by atoms with Gasteiger partial charge in [-0.2, -0.15) is 5.10 Å². The Morgan fingerprint density at radius 3 is 2.47 bits per heavy atom. The van der Waals surface area contributed by atoms with Gasteiger partial charge in [-0.05, 0) is 19.3 Å². The first-order valence-electron chi connectivity index (χ1n) is 7.15. The minimum absolute atomic E-state index is 0.781. The summed E-state index contributed by atoms with van der Waals surface area (Å²) < 4.78 is 2.00. The Labute approximate surface area is 116 Å². The highest BCUT2D eigenvalue weighted by Gasteiger charge is 2.13. The maximum Gasteiger partial charge on any atom is 0.191 e. The summed E-state index contributed by atoms with van der Waals surface area (Å²) in [5, 5.41) is 11.2. The molecule has 2 N–H and O–H groups in total. The van der Waals surface area contributed by atoms with Crippen LogP contribution in [0.2, 0.25) is 0 Å². The second kappa shape index (κ2) is 7.81. The molecule has 5 nitrogen and oxygen atoms in total. The van der Waals surface area contributed by atoms with Crippen LogP contribution in [0, 0.1) is 0 Å². The zero-order valence-corrected chi connectivity index (χ0v) is 12.9. The van der Waals surface area contributed by atoms with E-state index < -0.39 is 0 Å². The van der Waals surface area contributed by atoms with Crippen molar-refractivity contribution in [3.05, 3.63) is 17.0 Å². The number of rotatable bonds is 6. The highest BCUT2D eigenvalue weighted by atomic mass is 15.3. The van der Waals surface area contributed by atoms with Crippen molar-refractivity contribution in [3.8, 4) is 0 Å². The maximum absolute atomic E-state index is 4.58. The molecule has 0 aromatic carbocycles. The van der Waals surface area contributed by atoms with Gasteiger partial charge < -0.3 is 10.6 Å². The molecule has 0 saturated heterocycles. The van der Waals surface area contributed by atoms with E-state index in [9.17, 15) is 0 Å². The topological polar surface area (TPSA) is 54.2 Å². The molecule has 1 heterocycles. The number of nitrogens with one attached hydrogen (secondary N) is 2. The van der Waals surface area contributed by atoms with Gasteiger partial charge in [-0.15, -0.1) is 0 Å². The van der Waals surface area contributed by atoms with Gasteiger partial charge in [0.2, 0.25) is 0 Å². The lowest BCUT2D eigenvalue weighted by Crippen LogP contribution is -2.37. The van der Waals surface area contributed by atoms with E-state index in [1.807, 2.05) is 11.7 Å². The molecule has 0 bridgehead atoms. The van der Waals surface area contributed by atoms with Crippen LogP contribution in [0.5, 0.6) is 0 Å². The van der Waals surface area contributed by atoms with Gasteiger partial charge in [0, 0.05) is 38.4 Å². The number of aryl methyl sites for hydroxylation is 2. The number of hydrogen-bond acceptors (Lipinski definition) is 2. The first kappa shape index (κ1) is 15.5. The Hall–Kier alpha value is -1.52. The van der Waals surface area contributed by atoms with Crippen LogP contribution in [0.15, 0.2) is 4.99 Å². The lowest BCUT2D eigenvalue weighted by atomic mass is 10.1. The van der Waals surface area contributed by atoms with Crippen LogP contribution in [-0.4, -0.2) is 29.3 Å². The fourth-order valence-corrected chi connectivity index (χ4v) is 2.23. The van der Waals surface area contributed by atoms with Gasteiger partial charge in [0.1, 0.15) is 0 Å². The average molecular weight is 265 g/mol. The third-order valence-electron chi connectivity index (χ3n) is 3.23. The lowest BCUT2D eigenvalue weighted by molar-refractivity contribution is 0.702. The van der Waals surface area contributed by atoms with E-state index >= 15 is 0 Å². The summed E-state index contributed by atoms with van der Waals surface area (Å²) in [5.74, 6) is 0.856. The lowest BCUT2D eigenvalue weighted by Gasteiger charge is -2.12. The molecular weight excluding hydrogens is 238 g/mol. The molecule has 0 amide bonds. The molecule has 108 valence electrons. The maximum atomic E-state index is 4.58. The smallest absolute Gasteiger partial charge is 0.191 e. The molecule has 0 saturated carbocycles. The minimum atomic E-state index is 0.781. The Kier molecular flexibility index (Phi) is 6.39. The number of aromatic nitrogens is 2. The SMILES string of the molecule is CCCNC(=NC)NCc1c(CC)nn(C)c1CC. The third-order valence-corrected chi connectivity index (χ3v) is 3.23. The first-order chi connectivity index (χ1) is 9.17. The molecule has 0 aliphatic rings. The van der Waals surface area contributed by atoms with E-state index in [0.29, 0.717) is 0 Å². The van der Waals surface area contributed by atoms with Crippen molar-refractivity contribution >= 4 is 5.96 Å². The van der Waals surface area contributed by atoms with Gasteiger partial charge in [0.05, 0.1) is 5.69 Å². The first-order valence-corrected chi connectivity index (χ1v) is 7.15. The quantitative estimate of drug-likeness (QED) is 0.607. The summed E-state index contributed by atoms with van der Waals surface area (Å²) in [7, 11) is 3.82. The van der Waals surface area contributed by atoms with Crippen LogP contribution in [0.1, 0.15) is 44.1 Å². The highest BCUT2D eigenvalue weighted by molar-refractivity contribution is 5.79. The zero-order chi connectivity index (χ0) is 14.3. The summed E-state index contributed by atoms with van der Waals surface area (Å²) in [4.78, 5) is 4.23. The van der Waals surface area contributed by atoms with Crippen molar-refractivity contribution in [1.82, 2.24) is 20.4 Å². The standard InChI is InChI=1S/C14H27N5/c1-6-9-16-14(15-4)17-10-11-12(7-2)18-19(5)13(11)8-3/h6-10H2,1-5H3,(H2,15,16,17). The van der Waals surface area contributed by atoms with E-state index in [2.05, 4.69) is 41.5 Å². The molecule has 0 atom stereocenters. The molecule has 0 radical (unpaired) electrons. The van der Waals surface area contributed by atoms with Gasteiger partial charge in [0.25, 0.3) is 0 Å². The van der Waals surface area contributed by atoms with E-state index in [1.165, 1.54) is 17.0 Å². The third kappa shape index (κ3) is 3.98. The van der Waals surface area contributed by atoms with Crippen molar-refractivity contribution in [2.24, 2.45) is 12.0 Å². The zero-order valence-electron chi connectivity index (χ0n) is 12.9. The van der Waals surface area contributed by atoms with Crippen LogP contribution in [0.3, 0.4) is 0 Å². The van der Waals surface area contributed by atoms with Gasteiger partial charge >= 0.3 is 0 Å². The normalized spacial score (nSPS) is 11.7. The fraction of sp³-hybridized carbons (Fsp3) is 0.714. The number of hydrogen-bond donors (Lipinski definition) is 2. The van der Waals surface area contributed by atoms with Gasteiger partial charge in [-0.25, -0.2) is 0 Å². The molecule has 0 aliphatic carbocycles. The summed E-state index contributed by atoms with van der Waals surface area (Å²) >= 11 is 0. The van der Waals surface area contributed by atoms with Crippen molar-refractivity contribution in [2.75, 3.05) is 13.6 Å².